The third kappa shape index (κ3) is 3.33. The number of unbranched alkanes of at least 4 members (excludes halogenated alkanes) is 1. The predicted octanol–water partition coefficient (Wildman–Crippen LogP) is 3.09. The molecule has 0 aliphatic carbocycles. The van der Waals surface area contributed by atoms with Gasteiger partial charge >= 0.3 is 0 Å². The summed E-state index contributed by atoms with van der Waals surface area (Å²) >= 11 is 5.45. The fourth-order valence-corrected chi connectivity index (χ4v) is 4.08. The van der Waals surface area contributed by atoms with Crippen molar-refractivity contribution in [2.45, 2.75) is 43.3 Å². The van der Waals surface area contributed by atoms with Crippen LogP contribution >= 0.6 is 11.6 Å². The van der Waals surface area contributed by atoms with Crippen LogP contribution in [0.15, 0.2) is 29.2 Å². The Labute approximate surface area is 113 Å². The number of sulfone groups is 1. The average Bonchev–Trinajstić information content (AvgIpc) is 2.29. The molecule has 5 heteroatoms. The molecule has 0 aromatic heterocycles. The topological polar surface area (TPSA) is 51.2 Å². The van der Waals surface area contributed by atoms with Gasteiger partial charge in [0.1, 0.15) is 5.25 Å². The molecule has 0 saturated carbocycles. The van der Waals surface area contributed by atoms with Gasteiger partial charge in [-0.2, -0.15) is 0 Å². The van der Waals surface area contributed by atoms with E-state index >= 15 is 0 Å². The van der Waals surface area contributed by atoms with Crippen LogP contribution in [-0.4, -0.2) is 18.9 Å². The summed E-state index contributed by atoms with van der Waals surface area (Å²) in [5.41, 5.74) is 0.636. The summed E-state index contributed by atoms with van der Waals surface area (Å²) in [5, 5.41) is -1.94. The monoisotopic (exact) mass is 288 g/mol. The van der Waals surface area contributed by atoms with Gasteiger partial charge in [-0.25, -0.2) is 8.42 Å². The maximum Gasteiger partial charge on any atom is 0.240 e. The Morgan fingerprint density at radius 2 is 1.94 bits per heavy atom. The number of benzene rings is 1. The van der Waals surface area contributed by atoms with E-state index in [2.05, 4.69) is 0 Å². The second kappa shape index (κ2) is 6.34. The van der Waals surface area contributed by atoms with Gasteiger partial charge in [-0.05, 0) is 36.6 Å². The molecule has 0 saturated heterocycles. The van der Waals surface area contributed by atoms with Crippen LogP contribution in [0.5, 0.6) is 0 Å². The summed E-state index contributed by atoms with van der Waals surface area (Å²) in [5.74, 6) is 0. The number of carbonyl (C=O) groups excluding carboxylic acids is 1. The zero-order valence-electron chi connectivity index (χ0n) is 10.5. The maximum absolute atomic E-state index is 12.4. The van der Waals surface area contributed by atoms with Crippen LogP contribution < -0.4 is 0 Å². The first-order chi connectivity index (χ1) is 8.41. The van der Waals surface area contributed by atoms with Crippen molar-refractivity contribution in [1.82, 2.24) is 0 Å². The molecule has 1 aromatic rings. The van der Waals surface area contributed by atoms with Crippen LogP contribution in [0, 0.1) is 6.92 Å². The lowest BCUT2D eigenvalue weighted by atomic mass is 10.2. The summed E-state index contributed by atoms with van der Waals surface area (Å²) in [6, 6.07) is 6.64. The first-order valence-corrected chi connectivity index (χ1v) is 7.82. The highest BCUT2D eigenvalue weighted by molar-refractivity contribution is 7.93. The Morgan fingerprint density at radius 1 is 1.33 bits per heavy atom. The number of halogens is 1. The lowest BCUT2D eigenvalue weighted by Crippen LogP contribution is -2.28. The molecule has 0 spiro atoms. The van der Waals surface area contributed by atoms with Crippen molar-refractivity contribution in [2.24, 2.45) is 0 Å². The van der Waals surface area contributed by atoms with Crippen molar-refractivity contribution in [3.05, 3.63) is 29.8 Å². The van der Waals surface area contributed by atoms with Gasteiger partial charge in [0.25, 0.3) is 0 Å². The summed E-state index contributed by atoms with van der Waals surface area (Å²) in [7, 11) is -3.68. The standard InChI is InChI=1S/C13H17ClO3S/c1-3-4-8-12(13(14)15)18(16,17)11-9-6-5-7-10(11)2/h5-7,9,12H,3-4,8H2,1-2H3. The van der Waals surface area contributed by atoms with Gasteiger partial charge in [0.05, 0.1) is 4.90 Å². The Balaban J connectivity index is 3.18. The lowest BCUT2D eigenvalue weighted by Gasteiger charge is -2.15. The minimum absolute atomic E-state index is 0.195. The van der Waals surface area contributed by atoms with Crippen LogP contribution in [0.4, 0.5) is 0 Å². The Kier molecular flexibility index (Phi) is 5.35. The minimum atomic E-state index is -3.68. The number of carbonyl (C=O) groups is 1. The van der Waals surface area contributed by atoms with Crippen molar-refractivity contribution < 1.29 is 13.2 Å². The molecule has 3 nitrogen and oxygen atoms in total. The number of rotatable bonds is 6. The average molecular weight is 289 g/mol. The van der Waals surface area contributed by atoms with Gasteiger partial charge in [0, 0.05) is 0 Å². The molecule has 0 heterocycles. The fraction of sp³-hybridized carbons (Fsp3) is 0.462. The summed E-state index contributed by atoms with van der Waals surface area (Å²) < 4.78 is 24.8. The molecule has 0 N–H and O–H groups in total. The van der Waals surface area contributed by atoms with Crippen molar-refractivity contribution in [1.29, 1.82) is 0 Å². The number of aryl methyl sites for hydroxylation is 1. The van der Waals surface area contributed by atoms with Crippen LogP contribution in [0.1, 0.15) is 31.7 Å². The summed E-state index contributed by atoms with van der Waals surface area (Å²) in [6.45, 7) is 3.65. The van der Waals surface area contributed by atoms with E-state index in [4.69, 9.17) is 11.6 Å². The van der Waals surface area contributed by atoms with Crippen molar-refractivity contribution in [3.63, 3.8) is 0 Å². The SMILES string of the molecule is CCCCC(C(=O)Cl)S(=O)(=O)c1ccccc1C. The van der Waals surface area contributed by atoms with Crippen molar-refractivity contribution >= 4 is 26.7 Å². The molecule has 0 amide bonds. The Bertz CT molecular complexity index is 523. The third-order valence-corrected chi connectivity index (χ3v) is 5.51. The highest BCUT2D eigenvalue weighted by atomic mass is 35.5. The van der Waals surface area contributed by atoms with Gasteiger partial charge in [0.2, 0.25) is 5.24 Å². The van der Waals surface area contributed by atoms with Gasteiger partial charge in [-0.15, -0.1) is 0 Å². The van der Waals surface area contributed by atoms with Gasteiger partial charge < -0.3 is 0 Å². The van der Waals surface area contributed by atoms with E-state index in [1.165, 1.54) is 6.07 Å². The molecule has 18 heavy (non-hydrogen) atoms. The van der Waals surface area contributed by atoms with E-state index < -0.39 is 20.3 Å². The zero-order valence-corrected chi connectivity index (χ0v) is 12.1. The normalized spacial score (nSPS) is 13.3. The lowest BCUT2D eigenvalue weighted by molar-refractivity contribution is -0.111. The molecule has 1 rings (SSSR count). The molecular weight excluding hydrogens is 272 g/mol. The van der Waals surface area contributed by atoms with E-state index in [0.29, 0.717) is 12.0 Å². The molecule has 1 atom stereocenters. The van der Waals surface area contributed by atoms with Crippen molar-refractivity contribution in [2.75, 3.05) is 0 Å². The van der Waals surface area contributed by atoms with Crippen LogP contribution in [0.3, 0.4) is 0 Å². The molecule has 0 bridgehead atoms. The van der Waals surface area contributed by atoms with E-state index in [1.54, 1.807) is 25.1 Å². The molecule has 0 aliphatic heterocycles. The van der Waals surface area contributed by atoms with E-state index in [-0.39, 0.29) is 11.3 Å². The van der Waals surface area contributed by atoms with Crippen LogP contribution in [-0.2, 0) is 14.6 Å². The second-order valence-electron chi connectivity index (χ2n) is 4.25. The Morgan fingerprint density at radius 3 is 2.44 bits per heavy atom. The number of hydrogen-bond donors (Lipinski definition) is 0. The molecule has 1 aromatic carbocycles. The highest BCUT2D eigenvalue weighted by Crippen LogP contribution is 2.24. The molecule has 100 valence electrons. The zero-order chi connectivity index (χ0) is 13.8. The fourth-order valence-electron chi connectivity index (χ4n) is 1.81. The van der Waals surface area contributed by atoms with Crippen molar-refractivity contribution in [3.8, 4) is 0 Å². The van der Waals surface area contributed by atoms with Gasteiger partial charge in [-0.3, -0.25) is 4.79 Å². The van der Waals surface area contributed by atoms with Gasteiger partial charge in [0.15, 0.2) is 9.84 Å². The Hall–Kier alpha value is -0.870. The molecule has 0 aliphatic rings. The third-order valence-electron chi connectivity index (χ3n) is 2.85. The highest BCUT2D eigenvalue weighted by Gasteiger charge is 2.33. The smallest absolute Gasteiger partial charge is 0.240 e. The largest absolute Gasteiger partial charge is 0.280 e. The second-order valence-corrected chi connectivity index (χ2v) is 6.72. The first kappa shape index (κ1) is 15.2. The molecule has 0 radical (unpaired) electrons. The first-order valence-electron chi connectivity index (χ1n) is 5.90. The molecular formula is C13H17ClO3S. The molecule has 0 fully saturated rings. The van der Waals surface area contributed by atoms with Gasteiger partial charge in [-0.1, -0.05) is 38.0 Å². The minimum Gasteiger partial charge on any atom is -0.280 e. The quantitative estimate of drug-likeness (QED) is 0.756. The number of hydrogen-bond acceptors (Lipinski definition) is 3. The predicted molar refractivity (Wildman–Crippen MR) is 72.5 cm³/mol. The summed E-state index contributed by atoms with van der Waals surface area (Å²) in [4.78, 5) is 11.6. The molecule has 1 unspecified atom stereocenters. The van der Waals surface area contributed by atoms with E-state index in [1.807, 2.05) is 6.92 Å². The summed E-state index contributed by atoms with van der Waals surface area (Å²) in [6.07, 6.45) is 1.76. The maximum atomic E-state index is 12.4. The van der Waals surface area contributed by atoms with Crippen LogP contribution in [0.25, 0.3) is 0 Å². The van der Waals surface area contributed by atoms with E-state index in [0.717, 1.165) is 6.42 Å². The van der Waals surface area contributed by atoms with E-state index in [9.17, 15) is 13.2 Å². The van der Waals surface area contributed by atoms with Crippen LogP contribution in [0.2, 0.25) is 0 Å².